The predicted octanol–water partition coefficient (Wildman–Crippen LogP) is 5.81. The molecule has 6 rings (SSSR count). The summed E-state index contributed by atoms with van der Waals surface area (Å²) in [7, 11) is 2.09. The van der Waals surface area contributed by atoms with Gasteiger partial charge in [0.05, 0.1) is 0 Å². The van der Waals surface area contributed by atoms with Crippen LogP contribution in [0.2, 0.25) is 0 Å². The number of fused-ring (bicyclic) bond motifs is 2. The number of anilines is 1. The van der Waals surface area contributed by atoms with Crippen molar-refractivity contribution in [3.05, 3.63) is 101 Å². The largest absolute Gasteiger partial charge is 0.361 e. The molecule has 40 heavy (non-hydrogen) atoms. The maximum absolute atomic E-state index is 13.8. The van der Waals surface area contributed by atoms with Gasteiger partial charge in [-0.2, -0.15) is 0 Å². The molecule has 7 heteroatoms. The monoisotopic (exact) mass is 535 g/mol. The summed E-state index contributed by atoms with van der Waals surface area (Å²) in [6, 6.07) is 23.8. The standard InChI is InChI=1S/C33H37N5O2/c1-22(29-19-34-30-11-7-6-10-28(29)30)31(32(39)35-27-13-12-25-20-37(2)21-26(25)18-27)36-33(40)38-16-14-24(15-17-38)23-8-4-3-5-9-23/h3-13,18-19,22,24,31,34H,14-17,20-21H2,1-2H3,(H,35,39)(H,36,40)/t22-,31-/m1/s1. The number of carbonyl (C=O) groups excluding carboxylic acids is 2. The first-order chi connectivity index (χ1) is 19.5. The van der Waals surface area contributed by atoms with Crippen molar-refractivity contribution in [2.45, 2.75) is 50.7 Å². The summed E-state index contributed by atoms with van der Waals surface area (Å²) in [5.41, 5.74) is 6.62. The summed E-state index contributed by atoms with van der Waals surface area (Å²) in [5.74, 6) is -0.00698. The molecule has 3 heterocycles. The average Bonchev–Trinajstić information content (AvgIpc) is 3.58. The molecule has 0 aliphatic carbocycles. The van der Waals surface area contributed by atoms with Crippen LogP contribution in [0, 0.1) is 0 Å². The van der Waals surface area contributed by atoms with Gasteiger partial charge < -0.3 is 20.5 Å². The lowest BCUT2D eigenvalue weighted by molar-refractivity contribution is -0.118. The first-order valence-corrected chi connectivity index (χ1v) is 14.2. The maximum atomic E-state index is 13.8. The summed E-state index contributed by atoms with van der Waals surface area (Å²) in [6.07, 6.45) is 3.78. The van der Waals surface area contributed by atoms with Crippen LogP contribution in [0.5, 0.6) is 0 Å². The van der Waals surface area contributed by atoms with Gasteiger partial charge in [-0.15, -0.1) is 0 Å². The van der Waals surface area contributed by atoms with Crippen LogP contribution in [0.15, 0.2) is 79.0 Å². The van der Waals surface area contributed by atoms with Crippen LogP contribution >= 0.6 is 0 Å². The van der Waals surface area contributed by atoms with Crippen LogP contribution in [0.4, 0.5) is 10.5 Å². The minimum Gasteiger partial charge on any atom is -0.361 e. The van der Waals surface area contributed by atoms with Crippen molar-refractivity contribution in [2.24, 2.45) is 0 Å². The van der Waals surface area contributed by atoms with E-state index in [0.717, 1.165) is 48.1 Å². The number of likely N-dealkylation sites (tertiary alicyclic amines) is 1. The highest BCUT2D eigenvalue weighted by Gasteiger charge is 2.33. The lowest BCUT2D eigenvalue weighted by Gasteiger charge is -2.34. The highest BCUT2D eigenvalue weighted by Crippen LogP contribution is 2.31. The van der Waals surface area contributed by atoms with Gasteiger partial charge in [-0.1, -0.05) is 61.5 Å². The number of aromatic amines is 1. The zero-order chi connectivity index (χ0) is 27.6. The minimum absolute atomic E-state index is 0.186. The second kappa shape index (κ2) is 11.2. The molecular formula is C33H37N5O2. The van der Waals surface area contributed by atoms with E-state index in [1.165, 1.54) is 16.7 Å². The third-order valence-electron chi connectivity index (χ3n) is 8.58. The number of urea groups is 1. The van der Waals surface area contributed by atoms with E-state index in [4.69, 9.17) is 0 Å². The first kappa shape index (κ1) is 26.1. The number of nitrogens with one attached hydrogen (secondary N) is 3. The number of rotatable bonds is 6. The summed E-state index contributed by atoms with van der Waals surface area (Å²) in [6.45, 7) is 5.13. The van der Waals surface area contributed by atoms with Gasteiger partial charge in [0.15, 0.2) is 0 Å². The van der Waals surface area contributed by atoms with E-state index in [9.17, 15) is 9.59 Å². The summed E-state index contributed by atoms with van der Waals surface area (Å²) in [4.78, 5) is 34.8. The number of amides is 3. The number of nitrogens with zero attached hydrogens (tertiary/aromatic N) is 2. The summed E-state index contributed by atoms with van der Waals surface area (Å²) in [5, 5.41) is 7.30. The van der Waals surface area contributed by atoms with Crippen LogP contribution in [0.25, 0.3) is 10.9 Å². The molecule has 0 bridgehead atoms. The molecule has 1 aromatic heterocycles. The normalized spacial score (nSPS) is 17.4. The lowest BCUT2D eigenvalue weighted by Crippen LogP contribution is -2.53. The first-order valence-electron chi connectivity index (χ1n) is 14.2. The predicted molar refractivity (Wildman–Crippen MR) is 159 cm³/mol. The molecule has 7 nitrogen and oxygen atoms in total. The van der Waals surface area contributed by atoms with Gasteiger partial charge in [-0.3, -0.25) is 9.69 Å². The van der Waals surface area contributed by atoms with Crippen molar-refractivity contribution in [2.75, 3.05) is 25.5 Å². The summed E-state index contributed by atoms with van der Waals surface area (Å²) < 4.78 is 0. The number of hydrogen-bond donors (Lipinski definition) is 3. The molecule has 0 saturated carbocycles. The van der Waals surface area contributed by atoms with Crippen LogP contribution in [-0.2, 0) is 17.9 Å². The molecule has 1 fully saturated rings. The topological polar surface area (TPSA) is 80.5 Å². The van der Waals surface area contributed by atoms with Crippen molar-refractivity contribution in [1.82, 2.24) is 20.1 Å². The molecule has 4 aromatic rings. The van der Waals surface area contributed by atoms with E-state index in [1.54, 1.807) is 0 Å². The van der Waals surface area contributed by atoms with Crippen LogP contribution in [0.1, 0.15) is 53.9 Å². The van der Waals surface area contributed by atoms with Gasteiger partial charge in [0.1, 0.15) is 6.04 Å². The number of hydrogen-bond acceptors (Lipinski definition) is 3. The SMILES string of the molecule is C[C@H](c1c[nH]c2ccccc12)[C@@H](NC(=O)N1CCC(c2ccccc2)CC1)C(=O)Nc1ccc2c(c1)CN(C)C2. The van der Waals surface area contributed by atoms with Crippen LogP contribution in [-0.4, -0.2) is 52.9 Å². The summed E-state index contributed by atoms with van der Waals surface area (Å²) >= 11 is 0. The van der Waals surface area contributed by atoms with E-state index >= 15 is 0 Å². The van der Waals surface area contributed by atoms with Crippen molar-refractivity contribution >= 4 is 28.5 Å². The number of piperidine rings is 1. The Morgan fingerprint density at radius 2 is 1.65 bits per heavy atom. The Morgan fingerprint density at radius 1 is 0.925 bits per heavy atom. The van der Waals surface area contributed by atoms with Gasteiger partial charge in [-0.25, -0.2) is 4.79 Å². The van der Waals surface area contributed by atoms with E-state index in [-0.39, 0.29) is 17.9 Å². The maximum Gasteiger partial charge on any atom is 0.318 e. The Bertz CT molecular complexity index is 1510. The molecule has 3 amide bonds. The van der Waals surface area contributed by atoms with Gasteiger partial charge in [0, 0.05) is 54.9 Å². The number of benzene rings is 3. The minimum atomic E-state index is -0.741. The third-order valence-corrected chi connectivity index (χ3v) is 8.58. The third kappa shape index (κ3) is 5.34. The molecule has 3 aromatic carbocycles. The lowest BCUT2D eigenvalue weighted by atomic mass is 9.89. The van der Waals surface area contributed by atoms with E-state index in [1.807, 2.05) is 48.4 Å². The fraction of sp³-hybridized carbons (Fsp3) is 0.333. The molecule has 2 atom stereocenters. The van der Waals surface area contributed by atoms with E-state index in [0.29, 0.717) is 19.0 Å². The van der Waals surface area contributed by atoms with Crippen molar-refractivity contribution in [3.8, 4) is 0 Å². The Hall–Kier alpha value is -4.10. The number of H-pyrrole nitrogens is 1. The molecule has 3 N–H and O–H groups in total. The van der Waals surface area contributed by atoms with E-state index in [2.05, 4.69) is 70.0 Å². The van der Waals surface area contributed by atoms with E-state index < -0.39 is 6.04 Å². The Morgan fingerprint density at radius 3 is 2.45 bits per heavy atom. The smallest absolute Gasteiger partial charge is 0.318 e. The molecule has 2 aliphatic rings. The van der Waals surface area contributed by atoms with Crippen molar-refractivity contribution in [1.29, 1.82) is 0 Å². The fourth-order valence-electron chi connectivity index (χ4n) is 6.30. The average molecular weight is 536 g/mol. The Balaban J connectivity index is 1.20. The molecule has 1 saturated heterocycles. The van der Waals surface area contributed by atoms with Crippen molar-refractivity contribution < 1.29 is 9.59 Å². The second-order valence-corrected chi connectivity index (χ2v) is 11.3. The van der Waals surface area contributed by atoms with Gasteiger partial charge >= 0.3 is 6.03 Å². The number of para-hydroxylation sites is 1. The molecule has 0 radical (unpaired) electrons. The number of carbonyl (C=O) groups is 2. The quantitative estimate of drug-likeness (QED) is 0.291. The number of aromatic nitrogens is 1. The molecule has 0 unspecified atom stereocenters. The molecule has 206 valence electrons. The molecule has 0 spiro atoms. The van der Waals surface area contributed by atoms with Crippen molar-refractivity contribution in [3.63, 3.8) is 0 Å². The molecular weight excluding hydrogens is 498 g/mol. The van der Waals surface area contributed by atoms with Gasteiger partial charge in [-0.05, 0) is 66.3 Å². The van der Waals surface area contributed by atoms with Gasteiger partial charge in [0.2, 0.25) is 5.91 Å². The highest BCUT2D eigenvalue weighted by atomic mass is 16.2. The van der Waals surface area contributed by atoms with Crippen LogP contribution < -0.4 is 10.6 Å². The molecule has 2 aliphatic heterocycles. The fourth-order valence-corrected chi connectivity index (χ4v) is 6.30. The van der Waals surface area contributed by atoms with Gasteiger partial charge in [0.25, 0.3) is 0 Å². The highest BCUT2D eigenvalue weighted by molar-refractivity contribution is 5.98. The Kier molecular flexibility index (Phi) is 7.30. The zero-order valence-electron chi connectivity index (χ0n) is 23.2. The zero-order valence-corrected chi connectivity index (χ0v) is 23.2. The Labute approximate surface area is 235 Å². The van der Waals surface area contributed by atoms with Crippen LogP contribution in [0.3, 0.4) is 0 Å². The second-order valence-electron chi connectivity index (χ2n) is 11.3.